The Kier molecular flexibility index (Phi) is 13.5. The van der Waals surface area contributed by atoms with Crippen LogP contribution in [0.1, 0.15) is 95.1 Å². The van der Waals surface area contributed by atoms with Crippen LogP contribution in [0.3, 0.4) is 0 Å². The summed E-state index contributed by atoms with van der Waals surface area (Å²) in [6.45, 7) is 4.29. The van der Waals surface area contributed by atoms with Crippen molar-refractivity contribution in [2.45, 2.75) is 103 Å². The Morgan fingerprint density at radius 2 is 1.85 bits per heavy atom. The van der Waals surface area contributed by atoms with Crippen LogP contribution in [0, 0.1) is 11.8 Å². The van der Waals surface area contributed by atoms with Crippen LogP contribution >= 0.6 is 0 Å². The number of benzene rings is 1. The summed E-state index contributed by atoms with van der Waals surface area (Å²) in [4.78, 5) is 27.9. The number of nitrogens with zero attached hydrogens (tertiary/aromatic N) is 2. The van der Waals surface area contributed by atoms with Crippen LogP contribution in [-0.4, -0.2) is 69.8 Å². The summed E-state index contributed by atoms with van der Waals surface area (Å²) in [5, 5.41) is 3.13. The van der Waals surface area contributed by atoms with E-state index >= 15 is 0 Å². The number of methoxy groups -OCH3 is 1. The van der Waals surface area contributed by atoms with Gasteiger partial charge in [0.1, 0.15) is 11.5 Å². The Hall–Kier alpha value is -2.89. The van der Waals surface area contributed by atoms with Gasteiger partial charge in [0.05, 0.1) is 25.0 Å². The fourth-order valence-corrected chi connectivity index (χ4v) is 7.33. The molecule has 1 saturated heterocycles. The summed E-state index contributed by atoms with van der Waals surface area (Å²) in [6, 6.07) is 5.86. The third kappa shape index (κ3) is 10.3. The molecule has 0 radical (unpaired) electrons. The minimum atomic E-state index is -3.83. The predicted octanol–water partition coefficient (Wildman–Crippen LogP) is 5.21. The first-order valence-corrected chi connectivity index (χ1v) is 18.5. The maximum atomic E-state index is 13.1. The number of nitrogens with one attached hydrogen (secondary N) is 2. The van der Waals surface area contributed by atoms with Crippen molar-refractivity contribution in [3.05, 3.63) is 53.0 Å². The molecule has 0 spiro atoms. The highest BCUT2D eigenvalue weighted by Gasteiger charge is 2.31. The molecular formula is C35H54N4O6S. The molecule has 256 valence electrons. The number of carbonyl (C=O) groups is 2. The normalized spacial score (nSPS) is 21.2. The van der Waals surface area contributed by atoms with Gasteiger partial charge in [-0.25, -0.2) is 4.72 Å². The highest BCUT2D eigenvalue weighted by Crippen LogP contribution is 2.32. The molecule has 1 aromatic carbocycles. The third-order valence-corrected chi connectivity index (χ3v) is 11.1. The molecule has 2 atom stereocenters. The number of aryl methyl sites for hydroxylation is 1. The Labute approximate surface area is 276 Å². The molecule has 0 bridgehead atoms. The van der Waals surface area contributed by atoms with Crippen molar-refractivity contribution in [3.63, 3.8) is 0 Å². The van der Waals surface area contributed by atoms with Crippen molar-refractivity contribution in [1.82, 2.24) is 19.2 Å². The van der Waals surface area contributed by atoms with Gasteiger partial charge in [0.2, 0.25) is 5.91 Å². The molecule has 2 heterocycles. The van der Waals surface area contributed by atoms with E-state index in [1.165, 1.54) is 59.0 Å². The fraction of sp³-hybridized carbons (Fsp3) is 0.657. The molecule has 2 amide bonds. The predicted molar refractivity (Wildman–Crippen MR) is 180 cm³/mol. The topological polar surface area (TPSA) is 117 Å². The number of allylic oxidation sites excluding steroid dienone is 1. The summed E-state index contributed by atoms with van der Waals surface area (Å²) >= 11 is 0. The van der Waals surface area contributed by atoms with Crippen LogP contribution in [0.25, 0.3) is 0 Å². The summed E-state index contributed by atoms with van der Waals surface area (Å²) in [5.41, 5.74) is 2.68. The lowest BCUT2D eigenvalue weighted by Gasteiger charge is -2.27. The Bertz CT molecular complexity index is 1350. The first kappa shape index (κ1) is 36.0. The fourth-order valence-electron chi connectivity index (χ4n) is 6.76. The van der Waals surface area contributed by atoms with Crippen LogP contribution < -0.4 is 14.8 Å². The van der Waals surface area contributed by atoms with Crippen LogP contribution in [-0.2, 0) is 37.5 Å². The average molecular weight is 659 g/mol. The van der Waals surface area contributed by atoms with E-state index in [1.54, 1.807) is 13.4 Å². The second-order valence-electron chi connectivity index (χ2n) is 13.3. The molecule has 10 nitrogen and oxygen atoms in total. The Balaban J connectivity index is 1.34. The number of amides is 2. The molecule has 2 aliphatic heterocycles. The zero-order valence-electron chi connectivity index (χ0n) is 28.2. The first-order valence-electron chi connectivity index (χ1n) is 17.0. The number of likely N-dealkylation sites (tertiary alicyclic amines) is 1. The Morgan fingerprint density at radius 1 is 1.07 bits per heavy atom. The van der Waals surface area contributed by atoms with E-state index < -0.39 is 16.1 Å². The SMILES string of the molecule is COc1ccc(CCC(=O)NS(=O)(=O)N(C)C)c(CN2CCCC2C2=CCC(C)C(C(=O)NCCCCC3CCCCC3)=CO2)c1. The van der Waals surface area contributed by atoms with Crippen LogP contribution in [0.2, 0.25) is 0 Å². The van der Waals surface area contributed by atoms with E-state index in [1.807, 2.05) is 18.2 Å². The number of unbranched alkanes of at least 4 members (excludes halogenated alkanes) is 1. The molecule has 2 N–H and O–H groups in total. The smallest absolute Gasteiger partial charge is 0.303 e. The lowest BCUT2D eigenvalue weighted by molar-refractivity contribution is -0.119. The van der Waals surface area contributed by atoms with E-state index in [4.69, 9.17) is 9.47 Å². The molecule has 1 saturated carbocycles. The van der Waals surface area contributed by atoms with Gasteiger partial charge in [-0.1, -0.05) is 57.9 Å². The lowest BCUT2D eigenvalue weighted by Crippen LogP contribution is -2.39. The quantitative estimate of drug-likeness (QED) is 0.249. The lowest BCUT2D eigenvalue weighted by atomic mass is 9.86. The van der Waals surface area contributed by atoms with E-state index in [0.717, 1.165) is 65.1 Å². The molecule has 3 aliphatic rings. The molecule has 0 aromatic heterocycles. The third-order valence-electron chi connectivity index (χ3n) is 9.66. The van der Waals surface area contributed by atoms with E-state index in [-0.39, 0.29) is 24.3 Å². The number of ether oxygens (including phenoxy) is 2. The van der Waals surface area contributed by atoms with Gasteiger partial charge < -0.3 is 14.8 Å². The summed E-state index contributed by atoms with van der Waals surface area (Å²) in [6.07, 6.45) is 17.2. The van der Waals surface area contributed by atoms with E-state index in [0.29, 0.717) is 25.1 Å². The van der Waals surface area contributed by atoms with Gasteiger partial charge in [0.25, 0.3) is 5.91 Å². The van der Waals surface area contributed by atoms with Crippen molar-refractivity contribution in [1.29, 1.82) is 0 Å². The molecule has 4 rings (SSSR count). The van der Waals surface area contributed by atoms with Crippen molar-refractivity contribution >= 4 is 22.0 Å². The maximum Gasteiger partial charge on any atom is 0.303 e. The van der Waals surface area contributed by atoms with Crippen LogP contribution in [0.5, 0.6) is 5.75 Å². The summed E-state index contributed by atoms with van der Waals surface area (Å²) in [7, 11) is 0.548. The summed E-state index contributed by atoms with van der Waals surface area (Å²) < 4.78 is 39.0. The zero-order chi connectivity index (χ0) is 33.1. The molecule has 11 heteroatoms. The monoisotopic (exact) mass is 658 g/mol. The highest BCUT2D eigenvalue weighted by molar-refractivity contribution is 7.87. The second-order valence-corrected chi connectivity index (χ2v) is 15.2. The highest BCUT2D eigenvalue weighted by atomic mass is 32.2. The molecular weight excluding hydrogens is 604 g/mol. The van der Waals surface area contributed by atoms with Crippen LogP contribution in [0.15, 0.2) is 41.9 Å². The van der Waals surface area contributed by atoms with E-state index in [2.05, 4.69) is 27.9 Å². The van der Waals surface area contributed by atoms with Crippen molar-refractivity contribution in [2.24, 2.45) is 11.8 Å². The van der Waals surface area contributed by atoms with E-state index in [9.17, 15) is 18.0 Å². The molecule has 2 unspecified atom stereocenters. The molecule has 46 heavy (non-hydrogen) atoms. The van der Waals surface area contributed by atoms with Crippen molar-refractivity contribution in [2.75, 3.05) is 34.3 Å². The minimum absolute atomic E-state index is 0.0356. The standard InChI is InChI=1S/C35H54N4O6S/c1-26-15-19-33(45-25-31(26)35(41)36-21-9-8-13-27-11-6-5-7-12-27)32-14-10-22-39(32)24-29-23-30(44-4)18-16-28(29)17-20-34(40)37-46(42,43)38(2)3/h16,18-19,23,25-27,32H,5-15,17,20-22,24H2,1-4H3,(H,36,41)(H,37,40). The second kappa shape index (κ2) is 17.3. The maximum absolute atomic E-state index is 13.1. The van der Waals surface area contributed by atoms with Gasteiger partial charge in [-0.3, -0.25) is 14.5 Å². The number of hydrogen-bond donors (Lipinski definition) is 2. The number of rotatable bonds is 15. The first-order chi connectivity index (χ1) is 22.1. The zero-order valence-corrected chi connectivity index (χ0v) is 29.0. The van der Waals surface area contributed by atoms with Crippen molar-refractivity contribution in [3.8, 4) is 5.75 Å². The van der Waals surface area contributed by atoms with Gasteiger partial charge in [-0.05, 0) is 79.8 Å². The van der Waals surface area contributed by atoms with Crippen molar-refractivity contribution < 1.29 is 27.5 Å². The van der Waals surface area contributed by atoms with Gasteiger partial charge in [0.15, 0.2) is 0 Å². The molecule has 1 aromatic rings. The molecule has 2 fully saturated rings. The minimum Gasteiger partial charge on any atom is -0.497 e. The van der Waals surface area contributed by atoms with Gasteiger partial charge in [-0.15, -0.1) is 0 Å². The largest absolute Gasteiger partial charge is 0.497 e. The molecule has 1 aliphatic carbocycles. The number of carbonyl (C=O) groups excluding carboxylic acids is 2. The average Bonchev–Trinajstić information content (AvgIpc) is 3.40. The number of hydrogen-bond acceptors (Lipinski definition) is 7. The Morgan fingerprint density at radius 3 is 2.59 bits per heavy atom. The van der Waals surface area contributed by atoms with Gasteiger partial charge >= 0.3 is 10.2 Å². The summed E-state index contributed by atoms with van der Waals surface area (Å²) in [5.74, 6) is 1.94. The van der Waals surface area contributed by atoms with Gasteiger partial charge in [0, 0.05) is 33.6 Å². The van der Waals surface area contributed by atoms with Gasteiger partial charge in [-0.2, -0.15) is 12.7 Å². The van der Waals surface area contributed by atoms with Crippen LogP contribution in [0.4, 0.5) is 0 Å².